The van der Waals surface area contributed by atoms with E-state index in [-0.39, 0.29) is 5.97 Å². The fourth-order valence-electron chi connectivity index (χ4n) is 1.36. The minimum atomic E-state index is -0.368. The number of hydrogen-bond donors (Lipinski definition) is 1. The first-order valence-electron chi connectivity index (χ1n) is 4.71. The van der Waals surface area contributed by atoms with Gasteiger partial charge in [0, 0.05) is 11.1 Å². The lowest BCUT2D eigenvalue weighted by molar-refractivity contribution is -0.136. The molecule has 0 saturated heterocycles. The second-order valence-corrected chi connectivity index (χ2v) is 4.11. The molecule has 0 unspecified atom stereocenters. The lowest BCUT2D eigenvalue weighted by Gasteiger charge is -2.13. The lowest BCUT2D eigenvalue weighted by Crippen LogP contribution is -2.23. The molecule has 0 fully saturated rings. The van der Waals surface area contributed by atoms with Gasteiger partial charge >= 0.3 is 5.97 Å². The summed E-state index contributed by atoms with van der Waals surface area (Å²) in [5, 5.41) is 5.67. The van der Waals surface area contributed by atoms with E-state index in [0.717, 1.165) is 10.7 Å². The minimum Gasteiger partial charge on any atom is -0.466 e. The minimum absolute atomic E-state index is 0.327. The number of hydrogen-bond acceptors (Lipinski definition) is 6. The third-order valence-corrected chi connectivity index (χ3v) is 3.09. The van der Waals surface area contributed by atoms with E-state index < -0.39 is 0 Å². The SMILES string of the molecule is COC(=O)C1=C(c2nc(C)cs2)NC=NC1. The molecule has 5 nitrogen and oxygen atoms in total. The van der Waals surface area contributed by atoms with Gasteiger partial charge < -0.3 is 10.1 Å². The predicted octanol–water partition coefficient (Wildman–Crippen LogP) is 0.967. The third kappa shape index (κ3) is 1.96. The Hall–Kier alpha value is -1.69. The first-order chi connectivity index (χ1) is 7.72. The van der Waals surface area contributed by atoms with Gasteiger partial charge in [0.1, 0.15) is 5.01 Å². The Labute approximate surface area is 96.9 Å². The van der Waals surface area contributed by atoms with Crippen molar-refractivity contribution in [3.05, 3.63) is 21.7 Å². The number of aromatic nitrogens is 1. The van der Waals surface area contributed by atoms with Gasteiger partial charge in [-0.15, -0.1) is 11.3 Å². The van der Waals surface area contributed by atoms with E-state index in [9.17, 15) is 4.79 Å². The molecular weight excluding hydrogens is 226 g/mol. The average molecular weight is 237 g/mol. The van der Waals surface area contributed by atoms with Gasteiger partial charge in [0.25, 0.3) is 0 Å². The van der Waals surface area contributed by atoms with Crippen molar-refractivity contribution in [1.82, 2.24) is 10.3 Å². The first kappa shape index (κ1) is 10.8. The zero-order valence-electron chi connectivity index (χ0n) is 8.98. The summed E-state index contributed by atoms with van der Waals surface area (Å²) < 4.78 is 4.71. The molecule has 0 amide bonds. The summed E-state index contributed by atoms with van der Waals surface area (Å²) in [6.07, 6.45) is 1.57. The summed E-state index contributed by atoms with van der Waals surface area (Å²) in [5.74, 6) is -0.368. The van der Waals surface area contributed by atoms with E-state index in [4.69, 9.17) is 4.74 Å². The standard InChI is InChI=1S/C10H11N3O2S/c1-6-4-16-9(13-6)8-7(10(14)15-2)3-11-5-12-8/h4-5H,3H2,1-2H3,(H,11,12). The molecular formula is C10H11N3O2S. The Bertz CT molecular complexity index is 476. The number of carbonyl (C=O) groups is 1. The van der Waals surface area contributed by atoms with Crippen molar-refractivity contribution in [2.75, 3.05) is 13.7 Å². The molecule has 6 heteroatoms. The molecule has 2 rings (SSSR count). The molecule has 84 valence electrons. The van der Waals surface area contributed by atoms with Crippen LogP contribution in [0.1, 0.15) is 10.7 Å². The summed E-state index contributed by atoms with van der Waals surface area (Å²) in [7, 11) is 1.36. The summed E-state index contributed by atoms with van der Waals surface area (Å²) in [6, 6.07) is 0. The molecule has 1 aliphatic heterocycles. The molecule has 0 radical (unpaired) electrons. The fraction of sp³-hybridized carbons (Fsp3) is 0.300. The molecule has 1 N–H and O–H groups in total. The summed E-state index contributed by atoms with van der Waals surface area (Å²) in [4.78, 5) is 19.9. The monoisotopic (exact) mass is 237 g/mol. The van der Waals surface area contributed by atoms with E-state index in [1.54, 1.807) is 6.34 Å². The van der Waals surface area contributed by atoms with E-state index in [1.807, 2.05) is 12.3 Å². The topological polar surface area (TPSA) is 63.6 Å². The normalized spacial score (nSPS) is 14.9. The van der Waals surface area contributed by atoms with Crippen molar-refractivity contribution in [1.29, 1.82) is 0 Å². The van der Waals surface area contributed by atoms with E-state index in [1.165, 1.54) is 18.4 Å². The van der Waals surface area contributed by atoms with E-state index in [0.29, 0.717) is 17.8 Å². The number of ether oxygens (including phenoxy) is 1. The van der Waals surface area contributed by atoms with Gasteiger partial charge in [0.05, 0.1) is 31.3 Å². The lowest BCUT2D eigenvalue weighted by atomic mass is 10.2. The second kappa shape index (κ2) is 4.44. The maximum Gasteiger partial charge on any atom is 0.337 e. The largest absolute Gasteiger partial charge is 0.466 e. The van der Waals surface area contributed by atoms with Crippen LogP contribution in [-0.4, -0.2) is 30.9 Å². The molecule has 0 saturated carbocycles. The van der Waals surface area contributed by atoms with Crippen LogP contribution in [0.5, 0.6) is 0 Å². The Morgan fingerprint density at radius 1 is 1.62 bits per heavy atom. The summed E-state index contributed by atoms with van der Waals surface area (Å²) in [5.41, 5.74) is 2.14. The number of thiazole rings is 1. The maximum absolute atomic E-state index is 11.5. The van der Waals surface area contributed by atoms with Crippen LogP contribution in [0.3, 0.4) is 0 Å². The van der Waals surface area contributed by atoms with Crippen LogP contribution in [0.2, 0.25) is 0 Å². The zero-order valence-corrected chi connectivity index (χ0v) is 9.80. The van der Waals surface area contributed by atoms with Gasteiger partial charge in [-0.1, -0.05) is 0 Å². The molecule has 0 bridgehead atoms. The van der Waals surface area contributed by atoms with Gasteiger partial charge in [-0.2, -0.15) is 0 Å². The Morgan fingerprint density at radius 2 is 2.44 bits per heavy atom. The zero-order chi connectivity index (χ0) is 11.5. The molecule has 0 spiro atoms. The number of rotatable bonds is 2. The number of aryl methyl sites for hydroxylation is 1. The van der Waals surface area contributed by atoms with Crippen LogP contribution < -0.4 is 5.32 Å². The van der Waals surface area contributed by atoms with Gasteiger partial charge in [0.15, 0.2) is 0 Å². The molecule has 0 aromatic carbocycles. The predicted molar refractivity (Wildman–Crippen MR) is 62.3 cm³/mol. The highest BCUT2D eigenvalue weighted by Crippen LogP contribution is 2.22. The van der Waals surface area contributed by atoms with E-state index >= 15 is 0 Å². The molecule has 1 aromatic heterocycles. The van der Waals surface area contributed by atoms with Crippen LogP contribution in [0.15, 0.2) is 15.9 Å². The number of esters is 1. The maximum atomic E-state index is 11.5. The van der Waals surface area contributed by atoms with Crippen molar-refractivity contribution >= 4 is 29.3 Å². The highest BCUT2D eigenvalue weighted by molar-refractivity contribution is 7.10. The summed E-state index contributed by atoms with van der Waals surface area (Å²) in [6.45, 7) is 2.24. The molecule has 16 heavy (non-hydrogen) atoms. The van der Waals surface area contributed by atoms with E-state index in [2.05, 4.69) is 15.3 Å². The van der Waals surface area contributed by atoms with Crippen molar-refractivity contribution < 1.29 is 9.53 Å². The van der Waals surface area contributed by atoms with Crippen molar-refractivity contribution in [3.63, 3.8) is 0 Å². The fourth-order valence-corrected chi connectivity index (χ4v) is 2.19. The number of nitrogens with one attached hydrogen (secondary N) is 1. The van der Waals surface area contributed by atoms with Crippen LogP contribution in [0.25, 0.3) is 5.70 Å². The van der Waals surface area contributed by atoms with Crippen LogP contribution in [0.4, 0.5) is 0 Å². The molecule has 1 aliphatic rings. The number of nitrogens with zero attached hydrogens (tertiary/aromatic N) is 2. The molecule has 1 aromatic rings. The second-order valence-electron chi connectivity index (χ2n) is 3.25. The van der Waals surface area contributed by atoms with Gasteiger partial charge in [-0.25, -0.2) is 9.78 Å². The number of aliphatic imine (C=N–C) groups is 1. The first-order valence-corrected chi connectivity index (χ1v) is 5.59. The van der Waals surface area contributed by atoms with Crippen LogP contribution >= 0.6 is 11.3 Å². The Morgan fingerprint density at radius 3 is 3.06 bits per heavy atom. The van der Waals surface area contributed by atoms with Gasteiger partial charge in [-0.05, 0) is 6.92 Å². The van der Waals surface area contributed by atoms with Crippen LogP contribution in [0, 0.1) is 6.92 Å². The Balaban J connectivity index is 2.41. The van der Waals surface area contributed by atoms with Crippen molar-refractivity contribution in [2.24, 2.45) is 4.99 Å². The molecule has 0 aliphatic carbocycles. The highest BCUT2D eigenvalue weighted by atomic mass is 32.1. The molecule has 0 atom stereocenters. The highest BCUT2D eigenvalue weighted by Gasteiger charge is 2.20. The third-order valence-electron chi connectivity index (χ3n) is 2.12. The number of methoxy groups -OCH3 is 1. The van der Waals surface area contributed by atoms with Gasteiger partial charge in [-0.3, -0.25) is 4.99 Å². The van der Waals surface area contributed by atoms with Crippen molar-refractivity contribution in [2.45, 2.75) is 6.92 Å². The quantitative estimate of drug-likeness (QED) is 0.778. The number of carbonyl (C=O) groups excluding carboxylic acids is 1. The van der Waals surface area contributed by atoms with Crippen molar-refractivity contribution in [3.8, 4) is 0 Å². The smallest absolute Gasteiger partial charge is 0.337 e. The van der Waals surface area contributed by atoms with Gasteiger partial charge in [0.2, 0.25) is 0 Å². The average Bonchev–Trinajstić information content (AvgIpc) is 2.75. The molecule has 2 heterocycles. The Kier molecular flexibility index (Phi) is 3.00. The van der Waals surface area contributed by atoms with Crippen LogP contribution in [-0.2, 0) is 9.53 Å². The summed E-state index contributed by atoms with van der Waals surface area (Å²) >= 11 is 1.49.